The van der Waals surface area contributed by atoms with Gasteiger partial charge in [-0.3, -0.25) is 4.79 Å². The SMILES string of the molecule is CCCCNc1ncc(C(=O)N2CCN(c3ccccc3F)CC2)cn1. The van der Waals surface area contributed by atoms with Crippen LogP contribution in [0.5, 0.6) is 0 Å². The molecule has 1 aliphatic rings. The summed E-state index contributed by atoms with van der Waals surface area (Å²) in [4.78, 5) is 24.8. The van der Waals surface area contributed by atoms with Crippen molar-refractivity contribution in [3.63, 3.8) is 0 Å². The first-order valence-corrected chi connectivity index (χ1v) is 9.03. The van der Waals surface area contributed by atoms with Gasteiger partial charge in [0.05, 0.1) is 11.3 Å². The van der Waals surface area contributed by atoms with E-state index in [2.05, 4.69) is 22.2 Å². The number of piperazine rings is 1. The zero-order valence-electron chi connectivity index (χ0n) is 15.0. The summed E-state index contributed by atoms with van der Waals surface area (Å²) >= 11 is 0. The maximum Gasteiger partial charge on any atom is 0.257 e. The molecule has 26 heavy (non-hydrogen) atoms. The zero-order chi connectivity index (χ0) is 18.4. The van der Waals surface area contributed by atoms with Gasteiger partial charge in [0.15, 0.2) is 0 Å². The highest BCUT2D eigenvalue weighted by Crippen LogP contribution is 2.20. The van der Waals surface area contributed by atoms with E-state index in [-0.39, 0.29) is 11.7 Å². The molecule has 0 bridgehead atoms. The van der Waals surface area contributed by atoms with Gasteiger partial charge in [0.2, 0.25) is 5.95 Å². The fraction of sp³-hybridized carbons (Fsp3) is 0.421. The van der Waals surface area contributed by atoms with Crippen molar-refractivity contribution in [1.29, 1.82) is 0 Å². The van der Waals surface area contributed by atoms with Crippen molar-refractivity contribution in [2.75, 3.05) is 42.9 Å². The van der Waals surface area contributed by atoms with E-state index in [4.69, 9.17) is 0 Å². The number of rotatable bonds is 6. The second kappa shape index (κ2) is 8.60. The molecule has 0 unspecified atom stereocenters. The van der Waals surface area contributed by atoms with Crippen molar-refractivity contribution in [2.24, 2.45) is 0 Å². The van der Waals surface area contributed by atoms with Crippen LogP contribution in [0.3, 0.4) is 0 Å². The summed E-state index contributed by atoms with van der Waals surface area (Å²) < 4.78 is 13.9. The molecule has 138 valence electrons. The van der Waals surface area contributed by atoms with Gasteiger partial charge in [-0.25, -0.2) is 14.4 Å². The van der Waals surface area contributed by atoms with Gasteiger partial charge < -0.3 is 15.1 Å². The number of amides is 1. The molecule has 0 saturated carbocycles. The van der Waals surface area contributed by atoms with Crippen LogP contribution in [0.25, 0.3) is 0 Å². The first kappa shape index (κ1) is 18.1. The Morgan fingerprint density at radius 1 is 1.15 bits per heavy atom. The van der Waals surface area contributed by atoms with Crippen LogP contribution in [-0.4, -0.2) is 53.5 Å². The van der Waals surface area contributed by atoms with Crippen LogP contribution in [0.4, 0.5) is 16.0 Å². The van der Waals surface area contributed by atoms with Crippen LogP contribution >= 0.6 is 0 Å². The Kier molecular flexibility index (Phi) is 5.99. The summed E-state index contributed by atoms with van der Waals surface area (Å²) in [6.07, 6.45) is 5.28. The summed E-state index contributed by atoms with van der Waals surface area (Å²) in [5.74, 6) is 0.226. The minimum atomic E-state index is -0.230. The second-order valence-electron chi connectivity index (χ2n) is 6.31. The van der Waals surface area contributed by atoms with Gasteiger partial charge in [0.1, 0.15) is 5.82 Å². The maximum absolute atomic E-state index is 13.9. The average molecular weight is 357 g/mol. The van der Waals surface area contributed by atoms with Gasteiger partial charge >= 0.3 is 0 Å². The number of unbranched alkanes of at least 4 members (excludes halogenated alkanes) is 1. The third-order valence-corrected chi connectivity index (χ3v) is 4.47. The molecule has 2 aromatic rings. The number of hydrogen-bond donors (Lipinski definition) is 1. The van der Waals surface area contributed by atoms with E-state index in [1.807, 2.05) is 11.0 Å². The minimum absolute atomic E-state index is 0.0849. The number of nitrogens with one attached hydrogen (secondary N) is 1. The maximum atomic E-state index is 13.9. The number of aromatic nitrogens is 2. The van der Waals surface area contributed by atoms with E-state index in [1.54, 1.807) is 29.4 Å². The number of anilines is 2. The van der Waals surface area contributed by atoms with Gasteiger partial charge in [0, 0.05) is 45.1 Å². The van der Waals surface area contributed by atoms with Crippen molar-refractivity contribution < 1.29 is 9.18 Å². The molecular weight excluding hydrogens is 333 g/mol. The Balaban J connectivity index is 1.56. The summed E-state index contributed by atoms with van der Waals surface area (Å²) in [5, 5.41) is 3.13. The Labute approximate surface area is 153 Å². The molecule has 1 N–H and O–H groups in total. The van der Waals surface area contributed by atoms with Crippen LogP contribution in [0, 0.1) is 5.82 Å². The van der Waals surface area contributed by atoms with E-state index in [1.165, 1.54) is 6.07 Å². The molecule has 0 spiro atoms. The molecule has 0 aliphatic carbocycles. The molecule has 0 radical (unpaired) electrons. The highest BCUT2D eigenvalue weighted by Gasteiger charge is 2.23. The zero-order valence-corrected chi connectivity index (χ0v) is 15.0. The number of benzene rings is 1. The number of para-hydroxylation sites is 1. The predicted octanol–water partition coefficient (Wildman–Crippen LogP) is 2.79. The van der Waals surface area contributed by atoms with E-state index >= 15 is 0 Å². The Bertz CT molecular complexity index is 729. The molecule has 6 nitrogen and oxygen atoms in total. The fourth-order valence-corrected chi connectivity index (χ4v) is 2.95. The minimum Gasteiger partial charge on any atom is -0.366 e. The highest BCUT2D eigenvalue weighted by molar-refractivity contribution is 5.93. The lowest BCUT2D eigenvalue weighted by atomic mass is 10.2. The number of nitrogens with zero attached hydrogens (tertiary/aromatic N) is 4. The van der Waals surface area contributed by atoms with E-state index in [0.29, 0.717) is 43.4 Å². The fourth-order valence-electron chi connectivity index (χ4n) is 2.95. The molecule has 1 amide bonds. The van der Waals surface area contributed by atoms with Crippen molar-refractivity contribution in [3.05, 3.63) is 48.0 Å². The van der Waals surface area contributed by atoms with Crippen molar-refractivity contribution in [1.82, 2.24) is 14.9 Å². The van der Waals surface area contributed by atoms with E-state index in [9.17, 15) is 9.18 Å². The molecule has 1 fully saturated rings. The van der Waals surface area contributed by atoms with E-state index in [0.717, 1.165) is 19.4 Å². The number of carbonyl (C=O) groups is 1. The van der Waals surface area contributed by atoms with Crippen LogP contribution < -0.4 is 10.2 Å². The molecule has 2 heterocycles. The van der Waals surface area contributed by atoms with Gasteiger partial charge in [-0.1, -0.05) is 25.5 Å². The monoisotopic (exact) mass is 357 g/mol. The summed E-state index contributed by atoms with van der Waals surface area (Å²) in [6.45, 7) is 5.24. The molecule has 1 aliphatic heterocycles. The number of carbonyl (C=O) groups excluding carboxylic acids is 1. The Hall–Kier alpha value is -2.70. The van der Waals surface area contributed by atoms with Crippen LogP contribution in [0.1, 0.15) is 30.1 Å². The Morgan fingerprint density at radius 2 is 1.85 bits per heavy atom. The van der Waals surface area contributed by atoms with Gasteiger partial charge in [0.25, 0.3) is 5.91 Å². The number of halogens is 1. The standard InChI is InChI=1S/C19H24FN5O/c1-2-3-8-21-19-22-13-15(14-23-19)18(26)25-11-9-24(10-12-25)17-7-5-4-6-16(17)20/h4-7,13-14H,2-3,8-12H2,1H3,(H,21,22,23). The lowest BCUT2D eigenvalue weighted by Crippen LogP contribution is -2.49. The summed E-state index contributed by atoms with van der Waals surface area (Å²) in [6, 6.07) is 6.73. The molecule has 1 saturated heterocycles. The van der Waals surface area contributed by atoms with Gasteiger partial charge in [-0.05, 0) is 18.6 Å². The summed E-state index contributed by atoms with van der Waals surface area (Å²) in [7, 11) is 0. The normalized spacial score (nSPS) is 14.4. The molecule has 1 aromatic carbocycles. The predicted molar refractivity (Wildman–Crippen MR) is 99.9 cm³/mol. The largest absolute Gasteiger partial charge is 0.366 e. The van der Waals surface area contributed by atoms with E-state index < -0.39 is 0 Å². The Morgan fingerprint density at radius 3 is 2.50 bits per heavy atom. The smallest absolute Gasteiger partial charge is 0.257 e. The van der Waals surface area contributed by atoms with Crippen LogP contribution in [0.15, 0.2) is 36.7 Å². The number of hydrogen-bond acceptors (Lipinski definition) is 5. The van der Waals surface area contributed by atoms with Crippen LogP contribution in [-0.2, 0) is 0 Å². The third-order valence-electron chi connectivity index (χ3n) is 4.47. The second-order valence-corrected chi connectivity index (χ2v) is 6.31. The molecule has 1 aromatic heterocycles. The molecule has 3 rings (SSSR count). The third kappa shape index (κ3) is 4.28. The topological polar surface area (TPSA) is 61.4 Å². The average Bonchev–Trinajstić information content (AvgIpc) is 2.69. The van der Waals surface area contributed by atoms with Crippen LogP contribution in [0.2, 0.25) is 0 Å². The van der Waals surface area contributed by atoms with Crippen molar-refractivity contribution in [3.8, 4) is 0 Å². The first-order valence-electron chi connectivity index (χ1n) is 9.03. The van der Waals surface area contributed by atoms with Crippen molar-refractivity contribution >= 4 is 17.5 Å². The highest BCUT2D eigenvalue weighted by atomic mass is 19.1. The lowest BCUT2D eigenvalue weighted by molar-refractivity contribution is 0.0746. The lowest BCUT2D eigenvalue weighted by Gasteiger charge is -2.36. The molecular formula is C19H24FN5O. The first-order chi connectivity index (χ1) is 12.7. The molecule has 0 atom stereocenters. The van der Waals surface area contributed by atoms with Crippen molar-refractivity contribution in [2.45, 2.75) is 19.8 Å². The molecule has 7 heteroatoms. The van der Waals surface area contributed by atoms with Gasteiger partial charge in [-0.2, -0.15) is 0 Å². The summed E-state index contributed by atoms with van der Waals surface area (Å²) in [5.41, 5.74) is 1.07. The quantitative estimate of drug-likeness (QED) is 0.806. The van der Waals surface area contributed by atoms with Gasteiger partial charge in [-0.15, -0.1) is 0 Å².